The van der Waals surface area contributed by atoms with E-state index >= 15 is 4.39 Å². The number of carbonyl (C=O) groups is 1. The molecule has 0 saturated carbocycles. The summed E-state index contributed by atoms with van der Waals surface area (Å²) in [5, 5.41) is 13.5. The van der Waals surface area contributed by atoms with Gasteiger partial charge in [-0.1, -0.05) is 41.9 Å². The maximum Gasteiger partial charge on any atom is 0.266 e. The molecule has 2 atom stereocenters. The van der Waals surface area contributed by atoms with Crippen LogP contribution in [0.3, 0.4) is 0 Å². The minimum atomic E-state index is -2.28. The van der Waals surface area contributed by atoms with Crippen LogP contribution in [0.5, 0.6) is 0 Å². The van der Waals surface area contributed by atoms with Gasteiger partial charge >= 0.3 is 0 Å². The summed E-state index contributed by atoms with van der Waals surface area (Å²) < 4.78 is 15.1. The summed E-state index contributed by atoms with van der Waals surface area (Å²) in [6, 6.07) is 15.2. The van der Waals surface area contributed by atoms with Crippen LogP contribution in [0.25, 0.3) is 0 Å². The lowest BCUT2D eigenvalue weighted by atomic mass is 9.90. The minimum absolute atomic E-state index is 0.176. The molecule has 0 fully saturated rings. The summed E-state index contributed by atoms with van der Waals surface area (Å²) in [4.78, 5) is 16.4. The zero-order valence-corrected chi connectivity index (χ0v) is 13.9. The molecule has 128 valence electrons. The highest BCUT2D eigenvalue weighted by atomic mass is 35.5. The molecule has 25 heavy (non-hydrogen) atoms. The van der Waals surface area contributed by atoms with Gasteiger partial charge in [0.05, 0.1) is 5.71 Å². The van der Waals surface area contributed by atoms with Crippen molar-refractivity contribution in [3.8, 4) is 0 Å². The van der Waals surface area contributed by atoms with Crippen LogP contribution in [0.1, 0.15) is 18.1 Å². The molecule has 1 heterocycles. The molecule has 3 rings (SSSR count). The molecule has 0 aromatic heterocycles. The Morgan fingerprint density at radius 1 is 1.20 bits per heavy atom. The second-order valence-corrected chi connectivity index (χ2v) is 6.19. The molecule has 2 N–H and O–H groups in total. The molecular formula is C19H16ClFN2O2. The predicted molar refractivity (Wildman–Crippen MR) is 96.5 cm³/mol. The number of alkyl halides is 1. The number of para-hydroxylation sites is 1. The molecule has 0 bridgehead atoms. The van der Waals surface area contributed by atoms with Crippen molar-refractivity contribution in [3.05, 3.63) is 77.5 Å². The lowest BCUT2D eigenvalue weighted by Crippen LogP contribution is -2.41. The Labute approximate surface area is 149 Å². The van der Waals surface area contributed by atoms with Crippen molar-refractivity contribution < 1.29 is 14.3 Å². The highest BCUT2D eigenvalue weighted by Gasteiger charge is 2.40. The summed E-state index contributed by atoms with van der Waals surface area (Å²) in [7, 11) is 0. The second-order valence-electron chi connectivity index (χ2n) is 5.75. The van der Waals surface area contributed by atoms with Crippen molar-refractivity contribution in [2.75, 3.05) is 5.32 Å². The van der Waals surface area contributed by atoms with E-state index in [0.29, 0.717) is 16.3 Å². The van der Waals surface area contributed by atoms with Crippen LogP contribution in [0.4, 0.5) is 10.1 Å². The number of benzene rings is 2. The summed E-state index contributed by atoms with van der Waals surface area (Å²) in [6.07, 6.45) is 0.875. The van der Waals surface area contributed by atoms with Gasteiger partial charge in [0.25, 0.3) is 5.91 Å². The molecule has 6 heteroatoms. The molecule has 1 aliphatic rings. The molecule has 0 saturated heterocycles. The van der Waals surface area contributed by atoms with E-state index in [9.17, 15) is 9.90 Å². The Kier molecular flexibility index (Phi) is 4.97. The smallest absolute Gasteiger partial charge is 0.266 e. The Morgan fingerprint density at radius 3 is 2.56 bits per heavy atom. The lowest BCUT2D eigenvalue weighted by molar-refractivity contribution is -0.124. The molecule has 2 aromatic carbocycles. The summed E-state index contributed by atoms with van der Waals surface area (Å²) in [5.74, 6) is -0.800. The van der Waals surface area contributed by atoms with E-state index in [4.69, 9.17) is 11.6 Å². The highest BCUT2D eigenvalue weighted by molar-refractivity contribution is 6.30. The maximum atomic E-state index is 15.1. The largest absolute Gasteiger partial charge is 0.382 e. The Morgan fingerprint density at radius 2 is 1.88 bits per heavy atom. The topological polar surface area (TPSA) is 61.7 Å². The molecule has 0 spiro atoms. The summed E-state index contributed by atoms with van der Waals surface area (Å²) in [5.41, 5.74) is -1.07. The van der Waals surface area contributed by atoms with E-state index in [1.165, 1.54) is 6.20 Å². The van der Waals surface area contributed by atoms with E-state index in [0.717, 1.165) is 6.08 Å². The monoisotopic (exact) mass is 358 g/mol. The number of aliphatic imine (C=N–C) groups is 1. The van der Waals surface area contributed by atoms with E-state index < -0.39 is 17.7 Å². The van der Waals surface area contributed by atoms with Crippen molar-refractivity contribution >= 4 is 28.9 Å². The van der Waals surface area contributed by atoms with E-state index in [-0.39, 0.29) is 12.1 Å². The molecule has 0 radical (unpaired) electrons. The van der Waals surface area contributed by atoms with Gasteiger partial charge in [-0.15, -0.1) is 0 Å². The van der Waals surface area contributed by atoms with Gasteiger partial charge in [-0.25, -0.2) is 4.39 Å². The Hall–Kier alpha value is -2.50. The number of carbonyl (C=O) groups excluding carboxylic acids is 1. The van der Waals surface area contributed by atoms with Crippen molar-refractivity contribution in [1.82, 2.24) is 0 Å². The zero-order chi connectivity index (χ0) is 17.9. The van der Waals surface area contributed by atoms with Gasteiger partial charge in [0.2, 0.25) is 5.67 Å². The SMILES string of the molecule is O=C(Nc1ccccc1)C1(F)C=CN=C(C(O)c2ccc(Cl)cc2)C1. The standard InChI is InChI=1S/C19H16ClFN2O2/c20-14-8-6-13(7-9-14)17(24)16-12-19(21,10-11-22-16)18(25)23-15-4-2-1-3-5-15/h1-11,17,24H,12H2,(H,23,25). The maximum absolute atomic E-state index is 15.1. The number of halogens is 2. The van der Waals surface area contributed by atoms with Crippen LogP contribution in [0, 0.1) is 0 Å². The Balaban J connectivity index is 1.75. The number of anilines is 1. The van der Waals surface area contributed by atoms with Crippen molar-refractivity contribution in [2.24, 2.45) is 4.99 Å². The fourth-order valence-electron chi connectivity index (χ4n) is 2.54. The fourth-order valence-corrected chi connectivity index (χ4v) is 2.66. The number of nitrogens with zero attached hydrogens (tertiary/aromatic N) is 1. The number of aliphatic hydroxyl groups is 1. The van der Waals surface area contributed by atoms with Crippen LogP contribution in [0.2, 0.25) is 5.02 Å². The number of hydrogen-bond acceptors (Lipinski definition) is 3. The third-order valence-corrected chi connectivity index (χ3v) is 4.18. The lowest BCUT2D eigenvalue weighted by Gasteiger charge is -2.26. The summed E-state index contributed by atoms with van der Waals surface area (Å²) >= 11 is 5.83. The van der Waals surface area contributed by atoms with Crippen LogP contribution in [-0.4, -0.2) is 22.4 Å². The van der Waals surface area contributed by atoms with Gasteiger partial charge in [0.15, 0.2) is 0 Å². The Bertz CT molecular complexity index is 821. The fraction of sp³-hybridized carbons (Fsp3) is 0.158. The van der Waals surface area contributed by atoms with Gasteiger partial charge in [-0.3, -0.25) is 9.79 Å². The second kappa shape index (κ2) is 7.17. The van der Waals surface area contributed by atoms with Gasteiger partial charge < -0.3 is 10.4 Å². The van der Waals surface area contributed by atoms with E-state index in [1.807, 2.05) is 0 Å². The molecule has 1 aliphatic heterocycles. The van der Waals surface area contributed by atoms with Crippen LogP contribution >= 0.6 is 11.6 Å². The average molecular weight is 359 g/mol. The summed E-state index contributed by atoms with van der Waals surface area (Å²) in [6.45, 7) is 0. The van der Waals surface area contributed by atoms with E-state index in [1.54, 1.807) is 54.6 Å². The third kappa shape index (κ3) is 3.95. The van der Waals surface area contributed by atoms with Crippen molar-refractivity contribution in [3.63, 3.8) is 0 Å². The molecule has 4 nitrogen and oxygen atoms in total. The molecule has 2 unspecified atom stereocenters. The van der Waals surface area contributed by atoms with Gasteiger partial charge in [0.1, 0.15) is 6.10 Å². The molecule has 0 aliphatic carbocycles. The predicted octanol–water partition coefficient (Wildman–Crippen LogP) is 4.08. The number of nitrogens with one attached hydrogen (secondary N) is 1. The molecule has 2 aromatic rings. The van der Waals surface area contributed by atoms with Crippen LogP contribution in [-0.2, 0) is 4.79 Å². The van der Waals surface area contributed by atoms with E-state index in [2.05, 4.69) is 10.3 Å². The highest BCUT2D eigenvalue weighted by Crippen LogP contribution is 2.30. The first-order valence-corrected chi connectivity index (χ1v) is 8.09. The first kappa shape index (κ1) is 17.3. The number of rotatable bonds is 4. The van der Waals surface area contributed by atoms with Crippen molar-refractivity contribution in [1.29, 1.82) is 0 Å². The molecule has 1 amide bonds. The number of amides is 1. The zero-order valence-electron chi connectivity index (χ0n) is 13.2. The number of aliphatic hydroxyl groups excluding tert-OH is 1. The normalized spacial score (nSPS) is 20.7. The number of hydrogen-bond donors (Lipinski definition) is 2. The first-order chi connectivity index (χ1) is 12.0. The average Bonchev–Trinajstić information content (AvgIpc) is 2.62. The third-order valence-electron chi connectivity index (χ3n) is 3.93. The van der Waals surface area contributed by atoms with Crippen molar-refractivity contribution in [2.45, 2.75) is 18.2 Å². The van der Waals surface area contributed by atoms with Crippen LogP contribution < -0.4 is 5.32 Å². The first-order valence-electron chi connectivity index (χ1n) is 7.71. The quantitative estimate of drug-likeness (QED) is 0.865. The van der Waals surface area contributed by atoms with Gasteiger partial charge in [-0.05, 0) is 35.9 Å². The molecular weight excluding hydrogens is 343 g/mol. The minimum Gasteiger partial charge on any atom is -0.382 e. The van der Waals surface area contributed by atoms with Crippen LogP contribution in [0.15, 0.2) is 71.9 Å². The van der Waals surface area contributed by atoms with Gasteiger partial charge in [0, 0.05) is 23.3 Å². The van der Waals surface area contributed by atoms with Gasteiger partial charge in [-0.2, -0.15) is 0 Å².